The number of rotatable bonds is 5. The van der Waals surface area contributed by atoms with Gasteiger partial charge in [0, 0.05) is 12.3 Å². The van der Waals surface area contributed by atoms with Crippen molar-refractivity contribution < 1.29 is 30.0 Å². The lowest BCUT2D eigenvalue weighted by Gasteiger charge is -2.15. The van der Waals surface area contributed by atoms with Crippen LogP contribution in [0.1, 0.15) is 6.42 Å². The molecule has 1 aromatic carbocycles. The molecule has 0 amide bonds. The van der Waals surface area contributed by atoms with Crippen molar-refractivity contribution in [2.75, 3.05) is 24.9 Å². The zero-order valence-corrected chi connectivity index (χ0v) is 15.0. The summed E-state index contributed by atoms with van der Waals surface area (Å²) in [5.41, 5.74) is 0. The highest BCUT2D eigenvalue weighted by Gasteiger charge is 2.32. The van der Waals surface area contributed by atoms with E-state index in [1.165, 1.54) is 19.2 Å². The Hall–Kier alpha value is -1.17. The fourth-order valence-electron chi connectivity index (χ4n) is 2.27. The van der Waals surface area contributed by atoms with Crippen LogP contribution in [0.15, 0.2) is 28.0 Å². The van der Waals surface area contributed by atoms with Crippen molar-refractivity contribution in [2.24, 2.45) is 0 Å². The van der Waals surface area contributed by atoms with Gasteiger partial charge in [-0.15, -0.1) is 0 Å². The van der Waals surface area contributed by atoms with Gasteiger partial charge in [-0.25, -0.2) is 30.0 Å². The Morgan fingerprint density at radius 2 is 1.87 bits per heavy atom. The zero-order chi connectivity index (χ0) is 17.5. The smallest absolute Gasteiger partial charge is 0.244 e. The van der Waals surface area contributed by atoms with E-state index in [9.17, 15) is 25.3 Å². The van der Waals surface area contributed by atoms with E-state index in [0.29, 0.717) is 0 Å². The standard InChI is InChI=1S/C12H17NO7S3/c1-20-11-4-3-10(21(2,14)15)7-12(11)23(18,19)13-9-5-6-22(16,17)8-9/h3-4,7,9,13H,5-6,8H2,1-2H3. The van der Waals surface area contributed by atoms with E-state index < -0.39 is 35.7 Å². The molecule has 1 aliphatic rings. The molecule has 1 atom stereocenters. The Kier molecular flexibility index (Phi) is 4.77. The van der Waals surface area contributed by atoms with E-state index >= 15 is 0 Å². The van der Waals surface area contributed by atoms with Gasteiger partial charge in [-0.3, -0.25) is 0 Å². The van der Waals surface area contributed by atoms with Crippen LogP contribution in [0.2, 0.25) is 0 Å². The summed E-state index contributed by atoms with van der Waals surface area (Å²) in [6.07, 6.45) is 1.14. The molecule has 0 saturated carbocycles. The lowest BCUT2D eigenvalue weighted by Crippen LogP contribution is -2.35. The Morgan fingerprint density at radius 3 is 2.35 bits per heavy atom. The van der Waals surface area contributed by atoms with Gasteiger partial charge in [0.15, 0.2) is 19.7 Å². The van der Waals surface area contributed by atoms with Crippen LogP contribution in [0, 0.1) is 0 Å². The molecule has 1 aromatic rings. The molecule has 1 heterocycles. The van der Waals surface area contributed by atoms with Gasteiger partial charge < -0.3 is 4.74 Å². The average molecular weight is 383 g/mol. The first kappa shape index (κ1) is 18.2. The van der Waals surface area contributed by atoms with E-state index in [4.69, 9.17) is 4.74 Å². The first-order valence-electron chi connectivity index (χ1n) is 6.55. The molecule has 8 nitrogen and oxygen atoms in total. The predicted molar refractivity (Wildman–Crippen MR) is 83.5 cm³/mol. The second kappa shape index (κ2) is 6.04. The summed E-state index contributed by atoms with van der Waals surface area (Å²) in [6.45, 7) is 0. The molecule has 0 bridgehead atoms. The maximum Gasteiger partial charge on any atom is 0.244 e. The highest BCUT2D eigenvalue weighted by molar-refractivity contribution is 7.92. The number of ether oxygens (including phenoxy) is 1. The number of hydrogen-bond donors (Lipinski definition) is 1. The van der Waals surface area contributed by atoms with Gasteiger partial charge >= 0.3 is 0 Å². The van der Waals surface area contributed by atoms with Crippen LogP contribution in [0.3, 0.4) is 0 Å². The fraction of sp³-hybridized carbons (Fsp3) is 0.500. The van der Waals surface area contributed by atoms with Crippen molar-refractivity contribution >= 4 is 29.7 Å². The van der Waals surface area contributed by atoms with E-state index in [-0.39, 0.29) is 33.5 Å². The molecular formula is C12H17NO7S3. The maximum atomic E-state index is 12.5. The lowest BCUT2D eigenvalue weighted by atomic mass is 10.3. The normalized spacial score (nSPS) is 21.2. The number of methoxy groups -OCH3 is 1. The van der Waals surface area contributed by atoms with Crippen LogP contribution in [0.4, 0.5) is 0 Å². The third-order valence-electron chi connectivity index (χ3n) is 3.41. The van der Waals surface area contributed by atoms with Crippen LogP contribution in [0.5, 0.6) is 5.75 Å². The van der Waals surface area contributed by atoms with Crippen LogP contribution in [-0.2, 0) is 29.7 Å². The van der Waals surface area contributed by atoms with Crippen molar-refractivity contribution in [2.45, 2.75) is 22.3 Å². The Morgan fingerprint density at radius 1 is 1.22 bits per heavy atom. The van der Waals surface area contributed by atoms with Crippen LogP contribution >= 0.6 is 0 Å². The Labute approximate surface area is 135 Å². The van der Waals surface area contributed by atoms with Gasteiger partial charge in [-0.1, -0.05) is 0 Å². The molecule has 11 heteroatoms. The molecular weight excluding hydrogens is 366 g/mol. The molecule has 0 aliphatic carbocycles. The maximum absolute atomic E-state index is 12.5. The molecule has 0 radical (unpaired) electrons. The zero-order valence-electron chi connectivity index (χ0n) is 12.5. The second-order valence-corrected chi connectivity index (χ2v) is 11.2. The molecule has 1 saturated heterocycles. The number of benzene rings is 1. The van der Waals surface area contributed by atoms with Gasteiger partial charge in [0.1, 0.15) is 10.6 Å². The molecule has 0 spiro atoms. The molecule has 0 aromatic heterocycles. The molecule has 1 unspecified atom stereocenters. The number of sulfone groups is 2. The van der Waals surface area contributed by atoms with E-state index in [1.807, 2.05) is 0 Å². The molecule has 23 heavy (non-hydrogen) atoms. The van der Waals surface area contributed by atoms with Gasteiger partial charge in [0.25, 0.3) is 0 Å². The van der Waals surface area contributed by atoms with E-state index in [1.54, 1.807) is 0 Å². The van der Waals surface area contributed by atoms with Crippen molar-refractivity contribution in [3.63, 3.8) is 0 Å². The van der Waals surface area contributed by atoms with Crippen molar-refractivity contribution in [3.05, 3.63) is 18.2 Å². The summed E-state index contributed by atoms with van der Waals surface area (Å²) in [6, 6.07) is 2.75. The summed E-state index contributed by atoms with van der Waals surface area (Å²) >= 11 is 0. The topological polar surface area (TPSA) is 124 Å². The quantitative estimate of drug-likeness (QED) is 0.731. The molecule has 1 N–H and O–H groups in total. The minimum Gasteiger partial charge on any atom is -0.495 e. The largest absolute Gasteiger partial charge is 0.495 e. The molecule has 1 fully saturated rings. The minimum atomic E-state index is -4.12. The summed E-state index contributed by atoms with van der Waals surface area (Å²) in [5.74, 6) is -0.383. The van der Waals surface area contributed by atoms with Crippen molar-refractivity contribution in [3.8, 4) is 5.75 Å². The number of sulfonamides is 1. The van der Waals surface area contributed by atoms with Crippen LogP contribution in [-0.4, -0.2) is 56.2 Å². The minimum absolute atomic E-state index is 0.0224. The second-order valence-electron chi connectivity index (χ2n) is 5.31. The monoisotopic (exact) mass is 383 g/mol. The van der Waals surface area contributed by atoms with Gasteiger partial charge in [-0.05, 0) is 24.6 Å². The summed E-state index contributed by atoms with van der Waals surface area (Å²) in [7, 11) is -9.72. The SMILES string of the molecule is COc1ccc(S(C)(=O)=O)cc1S(=O)(=O)NC1CCS(=O)(=O)C1. The van der Waals surface area contributed by atoms with Gasteiger partial charge in [0.2, 0.25) is 10.0 Å². The Balaban J connectivity index is 2.42. The molecule has 1 aliphatic heterocycles. The third-order valence-corrected chi connectivity index (χ3v) is 7.83. The number of nitrogens with one attached hydrogen (secondary N) is 1. The number of hydrogen-bond acceptors (Lipinski definition) is 7. The lowest BCUT2D eigenvalue weighted by molar-refractivity contribution is 0.401. The van der Waals surface area contributed by atoms with Crippen LogP contribution < -0.4 is 9.46 Å². The highest BCUT2D eigenvalue weighted by Crippen LogP contribution is 2.27. The third kappa shape index (κ3) is 4.22. The molecule has 2 rings (SSSR count). The summed E-state index contributed by atoms with van der Waals surface area (Å²) in [4.78, 5) is -0.509. The van der Waals surface area contributed by atoms with Crippen LogP contribution in [0.25, 0.3) is 0 Å². The van der Waals surface area contributed by atoms with E-state index in [0.717, 1.165) is 12.3 Å². The summed E-state index contributed by atoms with van der Waals surface area (Å²) < 4.78 is 78.3. The predicted octanol–water partition coefficient (Wildman–Crippen LogP) is -0.436. The first-order chi connectivity index (χ1) is 10.4. The first-order valence-corrected chi connectivity index (χ1v) is 11.7. The summed E-state index contributed by atoms with van der Waals surface area (Å²) in [5, 5.41) is 0. The highest BCUT2D eigenvalue weighted by atomic mass is 32.2. The molecule has 130 valence electrons. The van der Waals surface area contributed by atoms with Crippen molar-refractivity contribution in [1.29, 1.82) is 0 Å². The van der Waals surface area contributed by atoms with E-state index in [2.05, 4.69) is 4.72 Å². The van der Waals surface area contributed by atoms with Crippen molar-refractivity contribution in [1.82, 2.24) is 4.72 Å². The Bertz CT molecular complexity index is 917. The van der Waals surface area contributed by atoms with Gasteiger partial charge in [-0.2, -0.15) is 0 Å². The van der Waals surface area contributed by atoms with Gasteiger partial charge in [0.05, 0.1) is 23.5 Å². The average Bonchev–Trinajstić information content (AvgIpc) is 2.75. The fourth-order valence-corrected chi connectivity index (χ4v) is 6.23.